The lowest BCUT2D eigenvalue weighted by Crippen LogP contribution is -2.29. The van der Waals surface area contributed by atoms with E-state index in [0.717, 1.165) is 6.08 Å². The van der Waals surface area contributed by atoms with Crippen LogP contribution in [0.2, 0.25) is 0 Å². The van der Waals surface area contributed by atoms with Gasteiger partial charge in [-0.15, -0.1) is 0 Å². The topological polar surface area (TPSA) is 83.8 Å². The summed E-state index contributed by atoms with van der Waals surface area (Å²) in [5.74, 6) is -3.66. The Morgan fingerprint density at radius 2 is 2.00 bits per heavy atom. The van der Waals surface area contributed by atoms with E-state index in [9.17, 15) is 14.7 Å². The van der Waals surface area contributed by atoms with Crippen LogP contribution in [0.1, 0.15) is 20.3 Å². The van der Waals surface area contributed by atoms with Gasteiger partial charge in [-0.2, -0.15) is 0 Å². The summed E-state index contributed by atoms with van der Waals surface area (Å²) >= 11 is 0. The van der Waals surface area contributed by atoms with Gasteiger partial charge in [0.1, 0.15) is 0 Å². The molecule has 0 aromatic carbocycles. The molecule has 0 aliphatic carbocycles. The molecule has 1 atom stereocenters. The first-order valence-electron chi connectivity index (χ1n) is 3.74. The van der Waals surface area contributed by atoms with E-state index >= 15 is 0 Å². The maximum absolute atomic E-state index is 10.8. The van der Waals surface area contributed by atoms with Crippen LogP contribution in [0.5, 0.6) is 0 Å². The highest BCUT2D eigenvalue weighted by Crippen LogP contribution is 2.10. The Morgan fingerprint density at radius 3 is 2.38 bits per heavy atom. The Balaban J connectivity index is 4.09. The van der Waals surface area contributed by atoms with E-state index in [1.54, 1.807) is 6.92 Å². The summed E-state index contributed by atoms with van der Waals surface area (Å²) in [7, 11) is 0. The second-order valence-electron chi connectivity index (χ2n) is 2.62. The molecule has 2 N–H and O–H groups in total. The SMILES string of the molecule is CCC(C)(O)OC(=O)C=CC(=O)O. The minimum absolute atomic E-state index is 0.236. The highest BCUT2D eigenvalue weighted by Gasteiger charge is 2.21. The number of aliphatic hydroxyl groups is 1. The number of carboxylic acid groups (broad SMARTS) is 1. The molecule has 0 bridgehead atoms. The van der Waals surface area contributed by atoms with Crippen molar-refractivity contribution in [3.05, 3.63) is 12.2 Å². The predicted molar refractivity (Wildman–Crippen MR) is 43.8 cm³/mol. The van der Waals surface area contributed by atoms with E-state index < -0.39 is 17.7 Å². The summed E-state index contributed by atoms with van der Waals surface area (Å²) < 4.78 is 4.50. The number of hydrogen-bond acceptors (Lipinski definition) is 4. The Bertz CT molecular complexity index is 229. The van der Waals surface area contributed by atoms with Crippen LogP contribution in [-0.2, 0) is 14.3 Å². The van der Waals surface area contributed by atoms with Gasteiger partial charge >= 0.3 is 11.9 Å². The first-order chi connectivity index (χ1) is 5.87. The molecule has 0 aliphatic heterocycles. The van der Waals surface area contributed by atoms with Gasteiger partial charge in [0.05, 0.1) is 0 Å². The smallest absolute Gasteiger partial charge is 0.333 e. The number of carbonyl (C=O) groups excluding carboxylic acids is 1. The molecule has 74 valence electrons. The molecule has 0 spiro atoms. The van der Waals surface area contributed by atoms with Gasteiger partial charge in [-0.1, -0.05) is 6.92 Å². The molecular weight excluding hydrogens is 176 g/mol. The third-order valence-corrected chi connectivity index (χ3v) is 1.34. The van der Waals surface area contributed by atoms with Crippen LogP contribution < -0.4 is 0 Å². The fraction of sp³-hybridized carbons (Fsp3) is 0.500. The minimum atomic E-state index is -1.54. The summed E-state index contributed by atoms with van der Waals surface area (Å²) in [6.07, 6.45) is 1.63. The Hall–Kier alpha value is -1.36. The zero-order valence-corrected chi connectivity index (χ0v) is 7.48. The molecule has 5 heteroatoms. The molecule has 13 heavy (non-hydrogen) atoms. The zero-order valence-electron chi connectivity index (χ0n) is 7.48. The van der Waals surface area contributed by atoms with Crippen LogP contribution >= 0.6 is 0 Å². The average molecular weight is 188 g/mol. The van der Waals surface area contributed by atoms with Gasteiger partial charge in [0, 0.05) is 25.5 Å². The first kappa shape index (κ1) is 11.6. The van der Waals surface area contributed by atoms with E-state index in [4.69, 9.17) is 5.11 Å². The van der Waals surface area contributed by atoms with E-state index in [-0.39, 0.29) is 6.42 Å². The lowest BCUT2D eigenvalue weighted by molar-refractivity contribution is -0.197. The normalized spacial score (nSPS) is 15.3. The third-order valence-electron chi connectivity index (χ3n) is 1.34. The van der Waals surface area contributed by atoms with Crippen molar-refractivity contribution < 1.29 is 24.5 Å². The summed E-state index contributed by atoms with van der Waals surface area (Å²) in [4.78, 5) is 20.8. The van der Waals surface area contributed by atoms with Crippen LogP contribution in [0.3, 0.4) is 0 Å². The lowest BCUT2D eigenvalue weighted by Gasteiger charge is -2.20. The van der Waals surface area contributed by atoms with Crippen molar-refractivity contribution >= 4 is 11.9 Å². The van der Waals surface area contributed by atoms with Gasteiger partial charge in [-0.05, 0) is 0 Å². The predicted octanol–water partition coefficient (Wildman–Crippen LogP) is 0.289. The maximum atomic E-state index is 10.8. The van der Waals surface area contributed by atoms with Crippen molar-refractivity contribution in [2.75, 3.05) is 0 Å². The maximum Gasteiger partial charge on any atom is 0.333 e. The molecule has 0 aliphatic rings. The second-order valence-corrected chi connectivity index (χ2v) is 2.62. The van der Waals surface area contributed by atoms with Crippen LogP contribution in [0, 0.1) is 0 Å². The monoisotopic (exact) mass is 188 g/mol. The number of carboxylic acids is 1. The Labute approximate surface area is 75.6 Å². The quantitative estimate of drug-likeness (QED) is 0.376. The van der Waals surface area contributed by atoms with Crippen molar-refractivity contribution in [1.29, 1.82) is 0 Å². The number of hydrogen-bond donors (Lipinski definition) is 2. The number of carbonyl (C=O) groups is 2. The van der Waals surface area contributed by atoms with Crippen molar-refractivity contribution in [3.63, 3.8) is 0 Å². The summed E-state index contributed by atoms with van der Waals surface area (Å²) in [6, 6.07) is 0. The largest absolute Gasteiger partial charge is 0.478 e. The van der Waals surface area contributed by atoms with Gasteiger partial charge in [-0.3, -0.25) is 0 Å². The van der Waals surface area contributed by atoms with Crippen molar-refractivity contribution in [1.82, 2.24) is 0 Å². The van der Waals surface area contributed by atoms with Gasteiger partial charge in [0.15, 0.2) is 0 Å². The third kappa shape index (κ3) is 5.86. The molecule has 0 amide bonds. The van der Waals surface area contributed by atoms with E-state index in [2.05, 4.69) is 4.74 Å². The van der Waals surface area contributed by atoms with Crippen molar-refractivity contribution in [2.24, 2.45) is 0 Å². The molecule has 0 saturated carbocycles. The molecule has 0 saturated heterocycles. The molecule has 0 radical (unpaired) electrons. The molecule has 0 aromatic heterocycles. The van der Waals surface area contributed by atoms with Crippen molar-refractivity contribution in [3.8, 4) is 0 Å². The van der Waals surface area contributed by atoms with Gasteiger partial charge in [0.2, 0.25) is 5.79 Å². The van der Waals surface area contributed by atoms with Crippen LogP contribution in [0.15, 0.2) is 12.2 Å². The minimum Gasteiger partial charge on any atom is -0.478 e. The molecular formula is C8H12O5. The highest BCUT2D eigenvalue weighted by atomic mass is 16.7. The second kappa shape index (κ2) is 4.61. The number of rotatable bonds is 4. The van der Waals surface area contributed by atoms with Crippen LogP contribution in [-0.4, -0.2) is 27.9 Å². The summed E-state index contributed by atoms with van der Waals surface area (Å²) in [6.45, 7) is 2.95. The molecule has 0 fully saturated rings. The van der Waals surface area contributed by atoms with E-state index in [0.29, 0.717) is 6.08 Å². The Morgan fingerprint density at radius 1 is 1.46 bits per heavy atom. The molecule has 1 unspecified atom stereocenters. The molecule has 0 aromatic rings. The summed E-state index contributed by atoms with van der Waals surface area (Å²) in [5.41, 5.74) is 0. The average Bonchev–Trinajstić information content (AvgIpc) is 2.00. The molecule has 0 heterocycles. The van der Waals surface area contributed by atoms with Crippen LogP contribution in [0.4, 0.5) is 0 Å². The standard InChI is InChI=1S/C8H12O5/c1-3-8(2,12)13-7(11)5-4-6(9)10/h4-5,12H,3H2,1-2H3,(H,9,10). The zero-order chi connectivity index (χ0) is 10.5. The van der Waals surface area contributed by atoms with E-state index in [1.165, 1.54) is 6.92 Å². The van der Waals surface area contributed by atoms with E-state index in [1.807, 2.05) is 0 Å². The first-order valence-corrected chi connectivity index (χ1v) is 3.74. The fourth-order valence-corrected chi connectivity index (χ4v) is 0.462. The lowest BCUT2D eigenvalue weighted by atomic mass is 10.2. The number of ether oxygens (including phenoxy) is 1. The van der Waals surface area contributed by atoms with Gasteiger partial charge < -0.3 is 14.9 Å². The molecule has 5 nitrogen and oxygen atoms in total. The van der Waals surface area contributed by atoms with Gasteiger partial charge in [0.25, 0.3) is 0 Å². The summed E-state index contributed by atoms with van der Waals surface area (Å²) in [5, 5.41) is 17.4. The van der Waals surface area contributed by atoms with Crippen molar-refractivity contribution in [2.45, 2.75) is 26.1 Å². The van der Waals surface area contributed by atoms with Gasteiger partial charge in [-0.25, -0.2) is 9.59 Å². The number of esters is 1. The van der Waals surface area contributed by atoms with Crippen LogP contribution in [0.25, 0.3) is 0 Å². The Kier molecular flexibility index (Phi) is 4.13. The highest BCUT2D eigenvalue weighted by molar-refractivity contribution is 5.90. The number of aliphatic carboxylic acids is 1. The fourth-order valence-electron chi connectivity index (χ4n) is 0.462. The molecule has 0 rings (SSSR count).